The van der Waals surface area contributed by atoms with Gasteiger partial charge in [0.2, 0.25) is 11.9 Å². The Morgan fingerprint density at radius 1 is 1.07 bits per heavy atom. The summed E-state index contributed by atoms with van der Waals surface area (Å²) in [6.07, 6.45) is 0. The molecule has 2 heterocycles. The Morgan fingerprint density at radius 2 is 1.83 bits per heavy atom. The molecule has 0 aliphatic rings. The fourth-order valence-corrected chi connectivity index (χ4v) is 4.21. The summed E-state index contributed by atoms with van der Waals surface area (Å²) in [5.41, 5.74) is 8.99. The van der Waals surface area contributed by atoms with Gasteiger partial charge in [-0.3, -0.25) is 0 Å². The molecule has 1 unspecified atom stereocenters. The summed E-state index contributed by atoms with van der Waals surface area (Å²) in [5, 5.41) is 1.46. The van der Waals surface area contributed by atoms with Crippen LogP contribution in [0.5, 0.6) is 0 Å². The molecule has 0 amide bonds. The Labute approximate surface area is 184 Å². The fourth-order valence-electron chi connectivity index (χ4n) is 3.08. The number of anilines is 2. The van der Waals surface area contributed by atoms with Crippen LogP contribution in [0, 0.1) is 0 Å². The fraction of sp³-hybridized carbons (Fsp3) is 0.238. The lowest BCUT2D eigenvalue weighted by Gasteiger charge is -2.15. The number of rotatable bonds is 6. The van der Waals surface area contributed by atoms with Gasteiger partial charge in [0, 0.05) is 19.1 Å². The van der Waals surface area contributed by atoms with Gasteiger partial charge in [-0.05, 0) is 30.7 Å². The quantitative estimate of drug-likeness (QED) is 0.445. The van der Waals surface area contributed by atoms with Crippen molar-refractivity contribution in [2.24, 2.45) is 0 Å². The monoisotopic (exact) mass is 439 g/mol. The van der Waals surface area contributed by atoms with Crippen molar-refractivity contribution in [1.82, 2.24) is 24.5 Å². The standard InChI is InChI=1S/C21H22ClN7S/c1-13(18-25-19(23)27-20(26-18)28(2)3)30-21-24-16-11-15(22)9-10-17(16)29(21)12-14-7-5-4-6-8-14/h4-11,13H,12H2,1-3H3,(H2,23,25,26,27). The van der Waals surface area contributed by atoms with Crippen molar-refractivity contribution in [3.8, 4) is 0 Å². The summed E-state index contributed by atoms with van der Waals surface area (Å²) in [5.74, 6) is 1.36. The molecule has 9 heteroatoms. The predicted molar refractivity (Wildman–Crippen MR) is 123 cm³/mol. The molecule has 0 bridgehead atoms. The van der Waals surface area contributed by atoms with Crippen molar-refractivity contribution < 1.29 is 0 Å². The summed E-state index contributed by atoms with van der Waals surface area (Å²) in [6, 6.07) is 16.1. The second-order valence-corrected chi connectivity index (χ2v) is 8.85. The number of imidazole rings is 1. The number of halogens is 1. The minimum Gasteiger partial charge on any atom is -0.368 e. The van der Waals surface area contributed by atoms with Crippen LogP contribution < -0.4 is 10.6 Å². The second kappa shape index (κ2) is 8.49. The molecule has 2 aromatic heterocycles. The van der Waals surface area contributed by atoms with Gasteiger partial charge in [-0.2, -0.15) is 15.0 Å². The number of nitrogens with zero attached hydrogens (tertiary/aromatic N) is 6. The third-order valence-corrected chi connectivity index (χ3v) is 5.88. The SMILES string of the molecule is CC(Sc1nc2cc(Cl)ccc2n1Cc1ccccc1)c1nc(N)nc(N(C)C)n1. The number of nitrogens with two attached hydrogens (primary N) is 1. The van der Waals surface area contributed by atoms with Crippen LogP contribution >= 0.6 is 23.4 Å². The first-order chi connectivity index (χ1) is 14.4. The van der Waals surface area contributed by atoms with Crippen LogP contribution in [0.1, 0.15) is 23.6 Å². The van der Waals surface area contributed by atoms with Crippen LogP contribution in [0.25, 0.3) is 11.0 Å². The number of hydrogen-bond acceptors (Lipinski definition) is 7. The molecule has 30 heavy (non-hydrogen) atoms. The molecule has 0 radical (unpaired) electrons. The van der Waals surface area contributed by atoms with Crippen molar-refractivity contribution >= 4 is 46.3 Å². The molecule has 0 saturated heterocycles. The van der Waals surface area contributed by atoms with Crippen molar-refractivity contribution in [3.05, 3.63) is 64.9 Å². The Hall–Kier alpha value is -2.84. The molecule has 2 N–H and O–H groups in total. The molecule has 0 aliphatic heterocycles. The Morgan fingerprint density at radius 3 is 2.57 bits per heavy atom. The third-order valence-electron chi connectivity index (χ3n) is 4.56. The van der Waals surface area contributed by atoms with Gasteiger partial charge in [-0.25, -0.2) is 4.98 Å². The zero-order valence-electron chi connectivity index (χ0n) is 17.0. The average Bonchev–Trinajstić information content (AvgIpc) is 3.04. The van der Waals surface area contributed by atoms with Gasteiger partial charge in [0.05, 0.1) is 22.8 Å². The van der Waals surface area contributed by atoms with Crippen LogP contribution in [-0.2, 0) is 6.54 Å². The minimum atomic E-state index is -0.0733. The Kier molecular flexibility index (Phi) is 5.78. The first-order valence-electron chi connectivity index (χ1n) is 9.46. The normalized spacial score (nSPS) is 12.3. The highest BCUT2D eigenvalue weighted by Crippen LogP contribution is 2.36. The summed E-state index contributed by atoms with van der Waals surface area (Å²) in [6.45, 7) is 2.74. The first-order valence-corrected chi connectivity index (χ1v) is 10.7. The molecule has 4 rings (SSSR count). The predicted octanol–water partition coefficient (Wildman–Crippen LogP) is 4.42. The highest BCUT2D eigenvalue weighted by atomic mass is 35.5. The highest BCUT2D eigenvalue weighted by molar-refractivity contribution is 7.99. The lowest BCUT2D eigenvalue weighted by Crippen LogP contribution is -2.16. The summed E-state index contributed by atoms with van der Waals surface area (Å²) in [7, 11) is 3.75. The van der Waals surface area contributed by atoms with Gasteiger partial charge < -0.3 is 15.2 Å². The van der Waals surface area contributed by atoms with E-state index in [1.165, 1.54) is 5.56 Å². The Balaban J connectivity index is 1.72. The summed E-state index contributed by atoms with van der Waals surface area (Å²) in [4.78, 5) is 19.7. The minimum absolute atomic E-state index is 0.0733. The molecule has 7 nitrogen and oxygen atoms in total. The van der Waals surface area contributed by atoms with E-state index >= 15 is 0 Å². The van der Waals surface area contributed by atoms with E-state index < -0.39 is 0 Å². The van der Waals surface area contributed by atoms with Gasteiger partial charge in [0.25, 0.3) is 0 Å². The van der Waals surface area contributed by atoms with Crippen LogP contribution in [0.4, 0.5) is 11.9 Å². The van der Waals surface area contributed by atoms with Crippen LogP contribution in [0.3, 0.4) is 0 Å². The maximum atomic E-state index is 6.21. The van der Waals surface area contributed by atoms with Crippen molar-refractivity contribution in [3.63, 3.8) is 0 Å². The molecule has 0 spiro atoms. The van der Waals surface area contributed by atoms with E-state index in [1.54, 1.807) is 11.8 Å². The number of hydrogen-bond donors (Lipinski definition) is 1. The number of thioether (sulfide) groups is 1. The number of fused-ring (bicyclic) bond motifs is 1. The zero-order chi connectivity index (χ0) is 21.3. The second-order valence-electron chi connectivity index (χ2n) is 7.11. The van der Waals surface area contributed by atoms with Crippen molar-refractivity contribution in [2.75, 3.05) is 24.7 Å². The van der Waals surface area contributed by atoms with E-state index in [0.29, 0.717) is 23.3 Å². The highest BCUT2D eigenvalue weighted by Gasteiger charge is 2.19. The maximum Gasteiger partial charge on any atom is 0.229 e. The first kappa shape index (κ1) is 20.4. The molecule has 0 saturated carbocycles. The maximum absolute atomic E-state index is 6.21. The molecule has 1 atom stereocenters. The molecule has 0 fully saturated rings. The number of nitrogen functional groups attached to an aromatic ring is 1. The Bertz CT molecular complexity index is 1180. The summed E-state index contributed by atoms with van der Waals surface area (Å²) >= 11 is 7.79. The zero-order valence-corrected chi connectivity index (χ0v) is 18.5. The number of aromatic nitrogens is 5. The average molecular weight is 440 g/mol. The third kappa shape index (κ3) is 4.34. The van der Waals surface area contributed by atoms with E-state index in [4.69, 9.17) is 22.3 Å². The van der Waals surface area contributed by atoms with Gasteiger partial charge in [0.15, 0.2) is 5.16 Å². The van der Waals surface area contributed by atoms with Gasteiger partial charge >= 0.3 is 0 Å². The van der Waals surface area contributed by atoms with E-state index in [1.807, 2.05) is 62.3 Å². The van der Waals surface area contributed by atoms with Crippen molar-refractivity contribution in [1.29, 1.82) is 0 Å². The molecule has 154 valence electrons. The molecule has 2 aromatic carbocycles. The molecule has 4 aromatic rings. The van der Waals surface area contributed by atoms with Gasteiger partial charge in [-0.15, -0.1) is 0 Å². The lowest BCUT2D eigenvalue weighted by atomic mass is 10.2. The molecule has 0 aliphatic carbocycles. The number of benzene rings is 2. The van der Waals surface area contributed by atoms with Gasteiger partial charge in [0.1, 0.15) is 5.82 Å². The van der Waals surface area contributed by atoms with E-state index in [9.17, 15) is 0 Å². The molecular formula is C21H22ClN7S. The van der Waals surface area contributed by atoms with Gasteiger partial charge in [-0.1, -0.05) is 53.7 Å². The topological polar surface area (TPSA) is 85.8 Å². The molecular weight excluding hydrogens is 418 g/mol. The van der Waals surface area contributed by atoms with Crippen LogP contribution in [0.15, 0.2) is 53.7 Å². The largest absolute Gasteiger partial charge is 0.368 e. The van der Waals surface area contributed by atoms with E-state index in [0.717, 1.165) is 16.2 Å². The summed E-state index contributed by atoms with van der Waals surface area (Å²) < 4.78 is 2.19. The lowest BCUT2D eigenvalue weighted by molar-refractivity contribution is 0.727. The van der Waals surface area contributed by atoms with E-state index in [-0.39, 0.29) is 11.2 Å². The van der Waals surface area contributed by atoms with Crippen molar-refractivity contribution in [2.45, 2.75) is 23.9 Å². The smallest absolute Gasteiger partial charge is 0.229 e. The van der Waals surface area contributed by atoms with Crippen LogP contribution in [-0.4, -0.2) is 38.6 Å². The van der Waals surface area contributed by atoms with E-state index in [2.05, 4.69) is 31.7 Å². The van der Waals surface area contributed by atoms with Crippen LogP contribution in [0.2, 0.25) is 5.02 Å².